The lowest BCUT2D eigenvalue weighted by molar-refractivity contribution is -0.129. The third-order valence-electron chi connectivity index (χ3n) is 1.06. The van der Waals surface area contributed by atoms with Crippen LogP contribution in [0.4, 0.5) is 0 Å². The third-order valence-corrected chi connectivity index (χ3v) is 1.06. The summed E-state index contributed by atoms with van der Waals surface area (Å²) in [5.74, 6) is -1.22. The number of rotatable bonds is 3. The highest BCUT2D eigenvalue weighted by atomic mass is 16.6. The molecule has 1 N–H and O–H groups in total. The Morgan fingerprint density at radius 1 is 1.83 bits per heavy atom. The molecule has 0 aliphatic heterocycles. The van der Waals surface area contributed by atoms with Crippen LogP contribution in [0.2, 0.25) is 0 Å². The van der Waals surface area contributed by atoms with Gasteiger partial charge in [0, 0.05) is 0 Å². The number of aliphatic carboxylic acids is 1. The van der Waals surface area contributed by atoms with Crippen LogP contribution in [0.15, 0.2) is 22.2 Å². The van der Waals surface area contributed by atoms with Crippen LogP contribution in [0.25, 0.3) is 0 Å². The quantitative estimate of drug-likeness (QED) is 0.514. The Kier molecular flexibility index (Phi) is 2.42. The topological polar surface area (TPSA) is 84.9 Å². The van der Waals surface area contributed by atoms with E-state index in [9.17, 15) is 4.79 Å². The van der Waals surface area contributed by atoms with Gasteiger partial charge in [-0.3, -0.25) is 0 Å². The summed E-state index contributed by atoms with van der Waals surface area (Å²) in [5, 5.41) is 11.8. The molecule has 0 fully saturated rings. The minimum Gasteiger partial charge on any atom is -0.476 e. The first-order valence-electron chi connectivity index (χ1n) is 2.98. The first-order valence-corrected chi connectivity index (χ1v) is 2.98. The second-order valence-corrected chi connectivity index (χ2v) is 1.80. The van der Waals surface area contributed by atoms with Gasteiger partial charge in [-0.2, -0.15) is 0 Å². The molecule has 0 atom stereocenters. The predicted molar refractivity (Wildman–Crippen MR) is 37.7 cm³/mol. The number of oxime groups is 1. The van der Waals surface area contributed by atoms with Gasteiger partial charge in [-0.1, -0.05) is 5.16 Å². The van der Waals surface area contributed by atoms with Gasteiger partial charge < -0.3 is 14.4 Å². The van der Waals surface area contributed by atoms with Crippen LogP contribution in [0, 0.1) is 0 Å². The number of carboxylic acids is 1. The summed E-state index contributed by atoms with van der Waals surface area (Å²) < 4.78 is 4.58. The van der Waals surface area contributed by atoms with Crippen molar-refractivity contribution in [2.75, 3.05) is 7.11 Å². The van der Waals surface area contributed by atoms with Crippen LogP contribution in [-0.4, -0.2) is 28.9 Å². The Labute approximate surface area is 67.5 Å². The van der Waals surface area contributed by atoms with Gasteiger partial charge in [0.05, 0.1) is 0 Å². The van der Waals surface area contributed by atoms with Crippen LogP contribution >= 0.6 is 0 Å². The number of hydrogen-bond acceptors (Lipinski definition) is 5. The molecule has 1 rings (SSSR count). The molecule has 0 bridgehead atoms. The molecule has 64 valence electrons. The molecule has 6 nitrogen and oxygen atoms in total. The summed E-state index contributed by atoms with van der Waals surface area (Å²) in [6.07, 6.45) is 2.29. The molecule has 0 saturated heterocycles. The summed E-state index contributed by atoms with van der Waals surface area (Å²) in [5.41, 5.74) is -0.157. The predicted octanol–water partition coefficient (Wildman–Crippen LogP) is 0.110. The van der Waals surface area contributed by atoms with Crippen LogP contribution in [0.5, 0.6) is 0 Å². The molecular formula is C6H6N2O4. The second-order valence-electron chi connectivity index (χ2n) is 1.80. The smallest absolute Gasteiger partial charge is 0.360 e. The average Bonchev–Trinajstić information content (AvgIpc) is 2.51. The van der Waals surface area contributed by atoms with Crippen molar-refractivity contribution in [3.63, 3.8) is 0 Å². The Morgan fingerprint density at radius 3 is 3.00 bits per heavy atom. The Balaban J connectivity index is 2.96. The van der Waals surface area contributed by atoms with E-state index in [4.69, 9.17) is 5.11 Å². The van der Waals surface area contributed by atoms with Gasteiger partial charge in [-0.15, -0.1) is 0 Å². The van der Waals surface area contributed by atoms with E-state index in [0.717, 1.165) is 6.39 Å². The number of hydrogen-bond donors (Lipinski definition) is 1. The van der Waals surface area contributed by atoms with Crippen molar-refractivity contribution >= 4 is 11.7 Å². The molecule has 0 unspecified atom stereocenters. The highest BCUT2D eigenvalue weighted by molar-refractivity contribution is 6.41. The first-order chi connectivity index (χ1) is 5.75. The average molecular weight is 170 g/mol. The molecule has 1 aromatic rings. The molecule has 0 aromatic carbocycles. The van der Waals surface area contributed by atoms with Crippen LogP contribution in [0.3, 0.4) is 0 Å². The Bertz CT molecular complexity index is 291. The van der Waals surface area contributed by atoms with Crippen molar-refractivity contribution in [3.05, 3.63) is 18.4 Å². The van der Waals surface area contributed by atoms with Crippen molar-refractivity contribution in [1.82, 2.24) is 4.98 Å². The van der Waals surface area contributed by atoms with Gasteiger partial charge in [-0.05, 0) is 0 Å². The summed E-state index contributed by atoms with van der Waals surface area (Å²) in [7, 11) is 1.25. The molecule has 0 radical (unpaired) electrons. The lowest BCUT2D eigenvalue weighted by atomic mass is 10.3. The van der Waals surface area contributed by atoms with E-state index in [1.165, 1.54) is 13.4 Å². The van der Waals surface area contributed by atoms with Crippen LogP contribution in [0.1, 0.15) is 5.69 Å². The SMILES string of the molecule is CON=C(C(=O)O)c1cocn1. The fraction of sp³-hybridized carbons (Fsp3) is 0.167. The van der Waals surface area contributed by atoms with Gasteiger partial charge in [0.25, 0.3) is 0 Å². The van der Waals surface area contributed by atoms with Gasteiger partial charge in [0.2, 0.25) is 5.71 Å². The summed E-state index contributed by atoms with van der Waals surface area (Å²) in [6.45, 7) is 0. The van der Waals surface area contributed by atoms with E-state index in [0.29, 0.717) is 0 Å². The highest BCUT2D eigenvalue weighted by Gasteiger charge is 2.15. The molecule has 0 aliphatic carbocycles. The zero-order valence-corrected chi connectivity index (χ0v) is 6.22. The number of carbonyl (C=O) groups is 1. The normalized spacial score (nSPS) is 11.2. The summed E-state index contributed by atoms with van der Waals surface area (Å²) in [6, 6.07) is 0. The molecule has 1 heterocycles. The molecule has 0 amide bonds. The Hall–Kier alpha value is -1.85. The molecule has 1 aromatic heterocycles. The molecule has 6 heteroatoms. The van der Waals surface area contributed by atoms with E-state index in [1.54, 1.807) is 0 Å². The fourth-order valence-corrected chi connectivity index (χ4v) is 0.616. The zero-order valence-electron chi connectivity index (χ0n) is 6.22. The standard InChI is InChI=1S/C6H6N2O4/c1-11-8-5(6(9)10)4-2-12-3-7-4/h2-3H,1H3,(H,9,10). The van der Waals surface area contributed by atoms with E-state index < -0.39 is 5.97 Å². The fourth-order valence-electron chi connectivity index (χ4n) is 0.616. The van der Waals surface area contributed by atoms with E-state index in [1.807, 2.05) is 0 Å². The van der Waals surface area contributed by atoms with E-state index in [2.05, 4.69) is 19.4 Å². The van der Waals surface area contributed by atoms with Crippen molar-refractivity contribution in [1.29, 1.82) is 0 Å². The Morgan fingerprint density at radius 2 is 2.58 bits per heavy atom. The van der Waals surface area contributed by atoms with Crippen molar-refractivity contribution in [2.45, 2.75) is 0 Å². The first kappa shape index (κ1) is 8.25. The number of nitrogens with zero attached hydrogens (tertiary/aromatic N) is 2. The molecule has 0 saturated carbocycles. The minimum absolute atomic E-state index is 0.129. The van der Waals surface area contributed by atoms with Gasteiger partial charge in [0.15, 0.2) is 6.39 Å². The number of aromatic nitrogens is 1. The maximum Gasteiger partial charge on any atom is 0.360 e. The summed E-state index contributed by atoms with van der Waals surface area (Å²) >= 11 is 0. The second kappa shape index (κ2) is 3.51. The van der Waals surface area contributed by atoms with Crippen LogP contribution < -0.4 is 0 Å². The van der Waals surface area contributed by atoms with Crippen molar-refractivity contribution in [3.8, 4) is 0 Å². The van der Waals surface area contributed by atoms with Crippen molar-refractivity contribution < 1.29 is 19.2 Å². The number of carboxylic acid groups (broad SMARTS) is 1. The minimum atomic E-state index is -1.22. The lowest BCUT2D eigenvalue weighted by Crippen LogP contribution is -2.15. The van der Waals surface area contributed by atoms with E-state index >= 15 is 0 Å². The van der Waals surface area contributed by atoms with Gasteiger partial charge in [0.1, 0.15) is 19.1 Å². The lowest BCUT2D eigenvalue weighted by Gasteiger charge is -1.93. The largest absolute Gasteiger partial charge is 0.476 e. The van der Waals surface area contributed by atoms with E-state index in [-0.39, 0.29) is 11.4 Å². The molecular weight excluding hydrogens is 164 g/mol. The zero-order chi connectivity index (χ0) is 8.97. The highest BCUT2D eigenvalue weighted by Crippen LogP contribution is 1.98. The van der Waals surface area contributed by atoms with Gasteiger partial charge >= 0.3 is 5.97 Å². The summed E-state index contributed by atoms with van der Waals surface area (Å²) in [4.78, 5) is 18.4. The maximum atomic E-state index is 10.5. The van der Waals surface area contributed by atoms with Gasteiger partial charge in [-0.25, -0.2) is 9.78 Å². The molecule has 12 heavy (non-hydrogen) atoms. The molecule has 0 spiro atoms. The monoisotopic (exact) mass is 170 g/mol. The molecule has 0 aliphatic rings. The third kappa shape index (κ3) is 1.60. The van der Waals surface area contributed by atoms with Crippen LogP contribution in [-0.2, 0) is 9.63 Å². The maximum absolute atomic E-state index is 10.5. The number of oxazole rings is 1. The van der Waals surface area contributed by atoms with Crippen molar-refractivity contribution in [2.24, 2.45) is 5.16 Å².